The Hall–Kier alpha value is -1.75. The van der Waals surface area contributed by atoms with Crippen molar-refractivity contribution in [3.8, 4) is 0 Å². The molecule has 5 heteroatoms. The molecule has 1 aromatic carbocycles. The number of hydrogen-bond donors (Lipinski definition) is 2. The summed E-state index contributed by atoms with van der Waals surface area (Å²) in [5.41, 5.74) is 8.50. The fraction of sp³-hybridized carbons (Fsp3) is 0.562. The van der Waals surface area contributed by atoms with Crippen molar-refractivity contribution in [2.75, 3.05) is 44.4 Å². The van der Waals surface area contributed by atoms with Gasteiger partial charge in [0.05, 0.1) is 11.4 Å². The van der Waals surface area contributed by atoms with Crippen LogP contribution in [0.15, 0.2) is 18.2 Å². The number of nitrogens with two attached hydrogens (primary N) is 1. The van der Waals surface area contributed by atoms with Gasteiger partial charge in [0.1, 0.15) is 0 Å². The van der Waals surface area contributed by atoms with Crippen LogP contribution in [0.3, 0.4) is 0 Å². The van der Waals surface area contributed by atoms with Crippen molar-refractivity contribution in [1.82, 2.24) is 10.2 Å². The van der Waals surface area contributed by atoms with Crippen LogP contribution in [0, 0.1) is 0 Å². The third-order valence-electron chi connectivity index (χ3n) is 4.16. The van der Waals surface area contributed by atoms with E-state index in [1.54, 1.807) is 6.07 Å². The van der Waals surface area contributed by atoms with E-state index in [9.17, 15) is 4.79 Å². The maximum atomic E-state index is 11.8. The van der Waals surface area contributed by atoms with Crippen LogP contribution in [-0.2, 0) is 0 Å². The van der Waals surface area contributed by atoms with Crippen molar-refractivity contribution >= 4 is 17.3 Å². The van der Waals surface area contributed by atoms with Gasteiger partial charge in [-0.1, -0.05) is 0 Å². The number of amides is 1. The van der Waals surface area contributed by atoms with Crippen LogP contribution in [0.5, 0.6) is 0 Å². The number of nitrogens with zero attached hydrogens (tertiary/aromatic N) is 2. The van der Waals surface area contributed by atoms with Gasteiger partial charge in [-0.3, -0.25) is 4.79 Å². The molecule has 1 amide bonds. The highest BCUT2D eigenvalue weighted by molar-refractivity contribution is 5.96. The topological polar surface area (TPSA) is 61.6 Å². The number of piperidine rings is 1. The van der Waals surface area contributed by atoms with E-state index in [1.165, 1.54) is 0 Å². The minimum absolute atomic E-state index is 0.0675. The molecule has 2 rings (SSSR count). The maximum absolute atomic E-state index is 11.8. The number of benzene rings is 1. The largest absolute Gasteiger partial charge is 0.397 e. The molecule has 0 aliphatic carbocycles. The number of rotatable bonds is 4. The lowest BCUT2D eigenvalue weighted by molar-refractivity contribution is 0.0956. The quantitative estimate of drug-likeness (QED) is 0.826. The van der Waals surface area contributed by atoms with Gasteiger partial charge in [0.25, 0.3) is 5.91 Å². The van der Waals surface area contributed by atoms with Gasteiger partial charge in [-0.2, -0.15) is 0 Å². The Morgan fingerprint density at radius 1 is 1.38 bits per heavy atom. The molecule has 0 saturated carbocycles. The molecule has 116 valence electrons. The molecule has 0 aromatic heterocycles. The van der Waals surface area contributed by atoms with Crippen LogP contribution >= 0.6 is 0 Å². The standard InChI is InChI=1S/C16H26N4O/c1-4-18-16(21)12-5-6-15(14(17)11-12)20-9-7-13(8-10-20)19(2)3/h5-6,11,13H,4,7-10,17H2,1-3H3,(H,18,21). The van der Waals surface area contributed by atoms with Gasteiger partial charge in [-0.25, -0.2) is 0 Å². The van der Waals surface area contributed by atoms with Crippen molar-refractivity contribution < 1.29 is 4.79 Å². The average Bonchev–Trinajstić information content (AvgIpc) is 2.47. The Bertz CT molecular complexity index is 493. The summed E-state index contributed by atoms with van der Waals surface area (Å²) in [5.74, 6) is -0.0675. The molecule has 0 unspecified atom stereocenters. The van der Waals surface area contributed by atoms with E-state index in [1.807, 2.05) is 19.1 Å². The molecular formula is C16H26N4O. The molecule has 1 heterocycles. The smallest absolute Gasteiger partial charge is 0.251 e. The number of anilines is 2. The zero-order valence-electron chi connectivity index (χ0n) is 13.2. The van der Waals surface area contributed by atoms with E-state index >= 15 is 0 Å². The Kier molecular flexibility index (Phi) is 5.07. The third-order valence-corrected chi connectivity index (χ3v) is 4.16. The molecule has 0 bridgehead atoms. The van der Waals surface area contributed by atoms with Gasteiger partial charge >= 0.3 is 0 Å². The molecule has 1 aliphatic rings. The molecule has 1 aliphatic heterocycles. The normalized spacial score (nSPS) is 16.3. The van der Waals surface area contributed by atoms with Crippen LogP contribution in [0.1, 0.15) is 30.1 Å². The minimum Gasteiger partial charge on any atom is -0.397 e. The summed E-state index contributed by atoms with van der Waals surface area (Å²) in [6, 6.07) is 6.25. The summed E-state index contributed by atoms with van der Waals surface area (Å²) in [4.78, 5) is 16.4. The number of carbonyl (C=O) groups excluding carboxylic acids is 1. The summed E-state index contributed by atoms with van der Waals surface area (Å²) in [5, 5.41) is 2.79. The zero-order valence-corrected chi connectivity index (χ0v) is 13.2. The SMILES string of the molecule is CCNC(=O)c1ccc(N2CCC(N(C)C)CC2)c(N)c1. The molecule has 1 saturated heterocycles. The Labute approximate surface area is 127 Å². The van der Waals surface area contributed by atoms with Crippen LogP contribution in [0.2, 0.25) is 0 Å². The van der Waals surface area contributed by atoms with E-state index in [4.69, 9.17) is 5.73 Å². The fourth-order valence-electron chi connectivity index (χ4n) is 2.87. The zero-order chi connectivity index (χ0) is 15.4. The Morgan fingerprint density at radius 3 is 2.57 bits per heavy atom. The summed E-state index contributed by atoms with van der Waals surface area (Å²) in [6.07, 6.45) is 2.29. The van der Waals surface area contributed by atoms with E-state index in [0.29, 0.717) is 23.8 Å². The summed E-state index contributed by atoms with van der Waals surface area (Å²) in [7, 11) is 4.27. The van der Waals surface area contributed by atoms with Crippen LogP contribution in [0.4, 0.5) is 11.4 Å². The Morgan fingerprint density at radius 2 is 2.05 bits per heavy atom. The summed E-state index contributed by atoms with van der Waals surface area (Å²) < 4.78 is 0. The lowest BCUT2D eigenvalue weighted by atomic mass is 10.0. The number of carbonyl (C=O) groups is 1. The third kappa shape index (κ3) is 3.67. The van der Waals surface area contributed by atoms with Crippen LogP contribution in [0.25, 0.3) is 0 Å². The van der Waals surface area contributed by atoms with Crippen molar-refractivity contribution in [1.29, 1.82) is 0 Å². The van der Waals surface area contributed by atoms with Crippen molar-refractivity contribution in [2.24, 2.45) is 0 Å². The predicted octanol–water partition coefficient (Wildman–Crippen LogP) is 1.55. The van der Waals surface area contributed by atoms with Gasteiger partial charge in [0.2, 0.25) is 0 Å². The first-order valence-electron chi connectivity index (χ1n) is 7.62. The number of hydrogen-bond acceptors (Lipinski definition) is 4. The maximum Gasteiger partial charge on any atom is 0.251 e. The van der Waals surface area contributed by atoms with Gasteiger partial charge in [0.15, 0.2) is 0 Å². The van der Waals surface area contributed by atoms with Gasteiger partial charge in [-0.05, 0) is 52.1 Å². The minimum atomic E-state index is -0.0675. The second-order valence-electron chi connectivity index (χ2n) is 5.81. The van der Waals surface area contributed by atoms with Crippen LogP contribution < -0.4 is 16.0 Å². The second-order valence-corrected chi connectivity index (χ2v) is 5.81. The lowest BCUT2D eigenvalue weighted by Gasteiger charge is -2.37. The highest BCUT2D eigenvalue weighted by Gasteiger charge is 2.22. The van der Waals surface area contributed by atoms with Crippen molar-refractivity contribution in [3.63, 3.8) is 0 Å². The first-order chi connectivity index (χ1) is 10.0. The van der Waals surface area contributed by atoms with E-state index < -0.39 is 0 Å². The van der Waals surface area contributed by atoms with E-state index in [0.717, 1.165) is 31.6 Å². The highest BCUT2D eigenvalue weighted by atomic mass is 16.1. The molecule has 1 aromatic rings. The summed E-state index contributed by atoms with van der Waals surface area (Å²) in [6.45, 7) is 4.55. The van der Waals surface area contributed by atoms with Gasteiger partial charge in [0, 0.05) is 31.2 Å². The molecule has 21 heavy (non-hydrogen) atoms. The first-order valence-corrected chi connectivity index (χ1v) is 7.62. The molecule has 1 fully saturated rings. The molecule has 0 radical (unpaired) electrons. The van der Waals surface area contributed by atoms with Crippen molar-refractivity contribution in [3.05, 3.63) is 23.8 Å². The van der Waals surface area contributed by atoms with E-state index in [-0.39, 0.29) is 5.91 Å². The predicted molar refractivity (Wildman–Crippen MR) is 87.8 cm³/mol. The monoisotopic (exact) mass is 290 g/mol. The fourth-order valence-corrected chi connectivity index (χ4v) is 2.87. The highest BCUT2D eigenvalue weighted by Crippen LogP contribution is 2.28. The van der Waals surface area contributed by atoms with Crippen LogP contribution in [-0.4, -0.2) is 50.6 Å². The first kappa shape index (κ1) is 15.6. The average molecular weight is 290 g/mol. The molecule has 3 N–H and O–H groups in total. The molecule has 0 spiro atoms. The number of nitrogens with one attached hydrogen (secondary N) is 1. The van der Waals surface area contributed by atoms with Crippen molar-refractivity contribution in [2.45, 2.75) is 25.8 Å². The van der Waals surface area contributed by atoms with Gasteiger partial charge in [-0.15, -0.1) is 0 Å². The number of nitrogen functional groups attached to an aromatic ring is 1. The Balaban J connectivity index is 2.06. The summed E-state index contributed by atoms with van der Waals surface area (Å²) >= 11 is 0. The lowest BCUT2D eigenvalue weighted by Crippen LogP contribution is -2.42. The second kappa shape index (κ2) is 6.80. The molecule has 5 nitrogen and oxygen atoms in total. The molecular weight excluding hydrogens is 264 g/mol. The van der Waals surface area contributed by atoms with Gasteiger partial charge < -0.3 is 20.9 Å². The molecule has 0 atom stereocenters. The van der Waals surface area contributed by atoms with E-state index in [2.05, 4.69) is 29.2 Å².